The number of carbonyl (C=O) groups excluding carboxylic acids is 1. The first kappa shape index (κ1) is 16.1. The van der Waals surface area contributed by atoms with E-state index in [1.165, 1.54) is 11.3 Å². The summed E-state index contributed by atoms with van der Waals surface area (Å²) in [5.74, 6) is 1.34. The molecule has 0 radical (unpaired) electrons. The van der Waals surface area contributed by atoms with E-state index in [0.717, 1.165) is 27.6 Å². The van der Waals surface area contributed by atoms with Gasteiger partial charge in [0.2, 0.25) is 6.79 Å². The van der Waals surface area contributed by atoms with Gasteiger partial charge in [0, 0.05) is 10.9 Å². The van der Waals surface area contributed by atoms with Gasteiger partial charge in [-0.25, -0.2) is 4.98 Å². The second-order valence-corrected chi connectivity index (χ2v) is 7.53. The molecule has 0 bridgehead atoms. The predicted molar refractivity (Wildman–Crippen MR) is 98.6 cm³/mol. The monoisotopic (exact) mass is 372 g/mol. The molecule has 3 aromatic rings. The van der Waals surface area contributed by atoms with Crippen LogP contribution in [0.15, 0.2) is 35.0 Å². The minimum atomic E-state index is -0.145. The average Bonchev–Trinajstić information content (AvgIpc) is 3.34. The highest BCUT2D eigenvalue weighted by Crippen LogP contribution is 2.34. The van der Waals surface area contributed by atoms with Gasteiger partial charge in [0.25, 0.3) is 5.91 Å². The van der Waals surface area contributed by atoms with Crippen molar-refractivity contribution in [3.05, 3.63) is 51.2 Å². The van der Waals surface area contributed by atoms with Crippen molar-refractivity contribution in [1.29, 1.82) is 0 Å². The van der Waals surface area contributed by atoms with E-state index >= 15 is 0 Å². The number of carbonyl (C=O) groups is 1. The molecule has 0 saturated carbocycles. The van der Waals surface area contributed by atoms with Crippen LogP contribution in [0.4, 0.5) is 0 Å². The van der Waals surface area contributed by atoms with Gasteiger partial charge < -0.3 is 14.8 Å². The van der Waals surface area contributed by atoms with Crippen molar-refractivity contribution >= 4 is 28.6 Å². The molecule has 0 aliphatic carbocycles. The molecule has 5 nitrogen and oxygen atoms in total. The molecule has 128 valence electrons. The molecule has 1 N–H and O–H groups in total. The van der Waals surface area contributed by atoms with Gasteiger partial charge in [-0.1, -0.05) is 6.07 Å². The van der Waals surface area contributed by atoms with Crippen molar-refractivity contribution in [3.8, 4) is 22.1 Å². The van der Waals surface area contributed by atoms with Crippen LogP contribution in [0.5, 0.6) is 11.5 Å². The van der Waals surface area contributed by atoms with Crippen LogP contribution in [0.25, 0.3) is 10.6 Å². The van der Waals surface area contributed by atoms with Crippen molar-refractivity contribution in [3.63, 3.8) is 0 Å². The van der Waals surface area contributed by atoms with Crippen LogP contribution in [0.3, 0.4) is 0 Å². The van der Waals surface area contributed by atoms with Crippen LogP contribution in [-0.2, 0) is 0 Å². The van der Waals surface area contributed by atoms with E-state index in [2.05, 4.69) is 10.3 Å². The Labute approximate surface area is 153 Å². The van der Waals surface area contributed by atoms with E-state index in [4.69, 9.17) is 9.47 Å². The number of thiophene rings is 1. The molecule has 1 amide bonds. The summed E-state index contributed by atoms with van der Waals surface area (Å²) in [6, 6.07) is 7.58. The number of ether oxygens (including phenoxy) is 2. The fraction of sp³-hybridized carbons (Fsp3) is 0.222. The van der Waals surface area contributed by atoms with Gasteiger partial charge in [0.15, 0.2) is 11.5 Å². The topological polar surface area (TPSA) is 60.5 Å². The quantitative estimate of drug-likeness (QED) is 0.737. The number of nitrogens with zero attached hydrogens (tertiary/aromatic N) is 1. The first-order chi connectivity index (χ1) is 12.1. The van der Waals surface area contributed by atoms with Gasteiger partial charge >= 0.3 is 0 Å². The van der Waals surface area contributed by atoms with Crippen LogP contribution < -0.4 is 14.8 Å². The minimum absolute atomic E-state index is 0.110. The summed E-state index contributed by atoms with van der Waals surface area (Å²) < 4.78 is 10.7. The lowest BCUT2D eigenvalue weighted by Crippen LogP contribution is -2.26. The standard InChI is InChI=1S/C18H16N2O3S2/c1-10(12-3-4-14-15(7-12)23-9-22-14)19-17(21)16-11(2)20-18(25-16)13-5-6-24-8-13/h3-8,10H,9H2,1-2H3,(H,19,21). The van der Waals surface area contributed by atoms with E-state index in [-0.39, 0.29) is 18.7 Å². The van der Waals surface area contributed by atoms with Crippen molar-refractivity contribution < 1.29 is 14.3 Å². The van der Waals surface area contributed by atoms with Crippen LogP contribution in [-0.4, -0.2) is 17.7 Å². The molecular weight excluding hydrogens is 356 g/mol. The third kappa shape index (κ3) is 3.12. The van der Waals surface area contributed by atoms with Gasteiger partial charge in [-0.05, 0) is 43.0 Å². The number of amides is 1. The molecule has 1 aliphatic rings. The molecule has 4 rings (SSSR count). The minimum Gasteiger partial charge on any atom is -0.454 e. The second kappa shape index (κ2) is 6.50. The number of benzene rings is 1. The third-order valence-electron chi connectivity index (χ3n) is 4.02. The summed E-state index contributed by atoms with van der Waals surface area (Å²) in [7, 11) is 0. The lowest BCUT2D eigenvalue weighted by Gasteiger charge is -2.14. The highest BCUT2D eigenvalue weighted by Gasteiger charge is 2.20. The number of nitrogens with one attached hydrogen (secondary N) is 1. The molecule has 1 aromatic carbocycles. The highest BCUT2D eigenvalue weighted by molar-refractivity contribution is 7.17. The maximum absolute atomic E-state index is 12.7. The van der Waals surface area contributed by atoms with Crippen LogP contribution in [0.2, 0.25) is 0 Å². The largest absolute Gasteiger partial charge is 0.454 e. The zero-order valence-electron chi connectivity index (χ0n) is 13.7. The summed E-state index contributed by atoms with van der Waals surface area (Å²) >= 11 is 3.04. The van der Waals surface area contributed by atoms with Gasteiger partial charge in [0.1, 0.15) is 9.88 Å². The molecule has 3 heterocycles. The van der Waals surface area contributed by atoms with Crippen molar-refractivity contribution in [2.24, 2.45) is 0 Å². The Morgan fingerprint density at radius 2 is 2.12 bits per heavy atom. The van der Waals surface area contributed by atoms with E-state index in [1.807, 2.05) is 48.9 Å². The first-order valence-electron chi connectivity index (χ1n) is 7.82. The lowest BCUT2D eigenvalue weighted by atomic mass is 10.1. The van der Waals surface area contributed by atoms with Crippen LogP contribution in [0, 0.1) is 6.92 Å². The van der Waals surface area contributed by atoms with E-state index in [1.54, 1.807) is 11.3 Å². The number of aryl methyl sites for hydroxylation is 1. The van der Waals surface area contributed by atoms with Gasteiger partial charge in [-0.15, -0.1) is 11.3 Å². The molecule has 1 unspecified atom stereocenters. The Morgan fingerprint density at radius 1 is 1.28 bits per heavy atom. The Balaban J connectivity index is 1.52. The zero-order valence-corrected chi connectivity index (χ0v) is 15.4. The number of rotatable bonds is 4. The van der Waals surface area contributed by atoms with Crippen molar-refractivity contribution in [2.45, 2.75) is 19.9 Å². The van der Waals surface area contributed by atoms with E-state index in [9.17, 15) is 4.79 Å². The second-order valence-electron chi connectivity index (χ2n) is 5.75. The number of hydrogen-bond acceptors (Lipinski definition) is 6. The molecule has 0 fully saturated rings. The average molecular weight is 372 g/mol. The van der Waals surface area contributed by atoms with E-state index in [0.29, 0.717) is 10.6 Å². The Hall–Kier alpha value is -2.38. The molecular formula is C18H16N2O3S2. The van der Waals surface area contributed by atoms with E-state index < -0.39 is 0 Å². The summed E-state index contributed by atoms with van der Waals surface area (Å²) in [6.07, 6.45) is 0. The lowest BCUT2D eigenvalue weighted by molar-refractivity contribution is 0.0943. The molecule has 2 aromatic heterocycles. The predicted octanol–water partition coefficient (Wildman–Crippen LogP) is 4.40. The smallest absolute Gasteiger partial charge is 0.263 e. The fourth-order valence-corrected chi connectivity index (χ4v) is 4.33. The van der Waals surface area contributed by atoms with Crippen LogP contribution in [0.1, 0.15) is 33.9 Å². The maximum atomic E-state index is 12.7. The highest BCUT2D eigenvalue weighted by atomic mass is 32.1. The summed E-state index contributed by atoms with van der Waals surface area (Å²) in [5.41, 5.74) is 2.78. The van der Waals surface area contributed by atoms with Crippen molar-refractivity contribution in [1.82, 2.24) is 10.3 Å². The SMILES string of the molecule is Cc1nc(-c2ccsc2)sc1C(=O)NC(C)c1ccc2c(c1)OCO2. The molecule has 25 heavy (non-hydrogen) atoms. The Kier molecular flexibility index (Phi) is 4.19. The van der Waals surface area contributed by atoms with Gasteiger partial charge in [-0.3, -0.25) is 4.79 Å². The molecule has 7 heteroatoms. The Morgan fingerprint density at radius 3 is 2.92 bits per heavy atom. The summed E-state index contributed by atoms with van der Waals surface area (Å²) in [5, 5.41) is 7.96. The van der Waals surface area contributed by atoms with Gasteiger partial charge in [-0.2, -0.15) is 11.3 Å². The Bertz CT molecular complexity index is 919. The van der Waals surface area contributed by atoms with Gasteiger partial charge in [0.05, 0.1) is 11.7 Å². The number of thiazole rings is 1. The zero-order chi connectivity index (χ0) is 17.4. The number of aromatic nitrogens is 1. The van der Waals surface area contributed by atoms with Crippen LogP contribution >= 0.6 is 22.7 Å². The molecule has 0 spiro atoms. The summed E-state index contributed by atoms with van der Waals surface area (Å²) in [6.45, 7) is 4.06. The maximum Gasteiger partial charge on any atom is 0.263 e. The molecule has 1 aliphatic heterocycles. The number of hydrogen-bond donors (Lipinski definition) is 1. The van der Waals surface area contributed by atoms with Crippen molar-refractivity contribution in [2.75, 3.05) is 6.79 Å². The molecule has 1 atom stereocenters. The number of fused-ring (bicyclic) bond motifs is 1. The normalized spacial score (nSPS) is 13.7. The summed E-state index contributed by atoms with van der Waals surface area (Å²) in [4.78, 5) is 17.8. The molecule has 0 saturated heterocycles. The third-order valence-corrected chi connectivity index (χ3v) is 5.90. The fourth-order valence-electron chi connectivity index (χ4n) is 2.64. The first-order valence-corrected chi connectivity index (χ1v) is 9.58.